The molecule has 0 unspecified atom stereocenters. The predicted molar refractivity (Wildman–Crippen MR) is 114 cm³/mol. The number of nitrogens with one attached hydrogen (secondary N) is 1. The van der Waals surface area contributed by atoms with Crippen LogP contribution in [0.1, 0.15) is 39.7 Å². The smallest absolute Gasteiger partial charge is 0.226 e. The van der Waals surface area contributed by atoms with E-state index in [-0.39, 0.29) is 23.7 Å². The van der Waals surface area contributed by atoms with Gasteiger partial charge in [-0.2, -0.15) is 0 Å². The molecule has 1 heterocycles. The molecule has 0 aliphatic carbocycles. The first-order valence-electron chi connectivity index (χ1n) is 9.83. The van der Waals surface area contributed by atoms with Gasteiger partial charge in [0.1, 0.15) is 13.2 Å². The lowest BCUT2D eigenvalue weighted by Gasteiger charge is -2.29. The molecule has 0 fully saturated rings. The van der Waals surface area contributed by atoms with Crippen molar-refractivity contribution < 1.29 is 19.1 Å². The third-order valence-corrected chi connectivity index (χ3v) is 4.77. The van der Waals surface area contributed by atoms with E-state index in [2.05, 4.69) is 26.1 Å². The maximum atomic E-state index is 12.5. The fourth-order valence-electron chi connectivity index (χ4n) is 3.35. The Morgan fingerprint density at radius 2 is 1.72 bits per heavy atom. The van der Waals surface area contributed by atoms with E-state index in [1.165, 1.54) is 6.92 Å². The molecule has 29 heavy (non-hydrogen) atoms. The summed E-state index contributed by atoms with van der Waals surface area (Å²) < 4.78 is 11.0. The zero-order valence-corrected chi connectivity index (χ0v) is 17.5. The number of nitrogens with zero attached hydrogens (tertiary/aromatic N) is 1. The Labute approximate surface area is 171 Å². The number of hydrogen-bond acceptors (Lipinski definition) is 4. The molecule has 2 aromatic rings. The average molecular weight is 396 g/mol. The van der Waals surface area contributed by atoms with Gasteiger partial charge in [0, 0.05) is 37.3 Å². The van der Waals surface area contributed by atoms with E-state index in [0.29, 0.717) is 36.9 Å². The number of amides is 2. The number of ether oxygens (including phenoxy) is 2. The summed E-state index contributed by atoms with van der Waals surface area (Å²) in [7, 11) is 0. The second-order valence-electron chi connectivity index (χ2n) is 8.09. The molecule has 1 N–H and O–H groups in total. The van der Waals surface area contributed by atoms with E-state index in [1.807, 2.05) is 24.3 Å². The third-order valence-electron chi connectivity index (χ3n) is 4.77. The summed E-state index contributed by atoms with van der Waals surface area (Å²) in [5.41, 5.74) is 2.45. The normalized spacial score (nSPS) is 13.0. The summed E-state index contributed by atoms with van der Waals surface area (Å²) in [5, 5.41) is 2.87. The molecule has 0 aromatic heterocycles. The summed E-state index contributed by atoms with van der Waals surface area (Å²) in [6.45, 7) is 9.17. The Hall–Kier alpha value is -3.02. The van der Waals surface area contributed by atoms with Crippen LogP contribution in [0.25, 0.3) is 0 Å². The number of hydrogen-bond donors (Lipinski definition) is 1. The summed E-state index contributed by atoms with van der Waals surface area (Å²) in [6, 6.07) is 13.2. The van der Waals surface area contributed by atoms with Crippen LogP contribution in [0.3, 0.4) is 0 Å². The number of rotatable bonds is 5. The molecular formula is C23H28N2O4. The molecule has 0 bridgehead atoms. The maximum absolute atomic E-state index is 12.5. The van der Waals surface area contributed by atoms with Gasteiger partial charge in [0.2, 0.25) is 11.8 Å². The first-order valence-corrected chi connectivity index (χ1v) is 9.83. The highest BCUT2D eigenvalue weighted by atomic mass is 16.6. The predicted octanol–water partition coefficient (Wildman–Crippen LogP) is 4.14. The number of anilines is 2. The molecule has 2 aromatic carbocycles. The topological polar surface area (TPSA) is 67.9 Å². The van der Waals surface area contributed by atoms with E-state index in [1.54, 1.807) is 23.1 Å². The van der Waals surface area contributed by atoms with Gasteiger partial charge in [-0.15, -0.1) is 0 Å². The van der Waals surface area contributed by atoms with Gasteiger partial charge in [-0.25, -0.2) is 0 Å². The molecule has 3 rings (SSSR count). The summed E-state index contributed by atoms with van der Waals surface area (Å²) in [4.78, 5) is 26.5. The van der Waals surface area contributed by atoms with Crippen molar-refractivity contribution in [3.05, 3.63) is 48.0 Å². The number of fused-ring (bicyclic) bond motifs is 1. The third kappa shape index (κ3) is 5.08. The van der Waals surface area contributed by atoms with Crippen molar-refractivity contribution in [2.45, 2.75) is 39.5 Å². The van der Waals surface area contributed by atoms with Crippen LogP contribution in [0.15, 0.2) is 42.5 Å². The molecule has 0 atom stereocenters. The Bertz CT molecular complexity index is 902. The van der Waals surface area contributed by atoms with Gasteiger partial charge < -0.3 is 19.7 Å². The number of carbonyl (C=O) groups excluding carboxylic acids is 2. The minimum absolute atomic E-state index is 0.0890. The van der Waals surface area contributed by atoms with Crippen LogP contribution in [-0.2, 0) is 15.0 Å². The van der Waals surface area contributed by atoms with Crippen LogP contribution < -0.4 is 19.7 Å². The van der Waals surface area contributed by atoms with Crippen LogP contribution in [-0.4, -0.2) is 31.6 Å². The molecule has 0 spiro atoms. The Balaban J connectivity index is 1.69. The van der Waals surface area contributed by atoms with Crippen molar-refractivity contribution in [2.75, 3.05) is 30.0 Å². The van der Waals surface area contributed by atoms with Crippen LogP contribution in [0.4, 0.5) is 11.4 Å². The standard InChI is InChI=1S/C23H28N2O4/c1-16(26)25(19-8-6-5-7-18(19)23(2,3)4)12-11-22(27)24-17-9-10-20-21(15-17)29-14-13-28-20/h5-10,15H,11-14H2,1-4H3,(H,24,27). The van der Waals surface area contributed by atoms with Crippen molar-refractivity contribution in [3.63, 3.8) is 0 Å². The highest BCUT2D eigenvalue weighted by molar-refractivity contribution is 5.95. The van der Waals surface area contributed by atoms with Crippen LogP contribution in [0, 0.1) is 0 Å². The molecular weight excluding hydrogens is 368 g/mol. The van der Waals surface area contributed by atoms with Crippen molar-refractivity contribution in [1.29, 1.82) is 0 Å². The average Bonchev–Trinajstić information content (AvgIpc) is 2.67. The van der Waals surface area contributed by atoms with Crippen LogP contribution in [0.5, 0.6) is 11.5 Å². The summed E-state index contributed by atoms with van der Waals surface area (Å²) in [5.74, 6) is 1.05. The van der Waals surface area contributed by atoms with E-state index in [9.17, 15) is 9.59 Å². The van der Waals surface area contributed by atoms with E-state index in [4.69, 9.17) is 9.47 Å². The minimum Gasteiger partial charge on any atom is -0.486 e. The van der Waals surface area contributed by atoms with Gasteiger partial charge in [0.05, 0.1) is 0 Å². The van der Waals surface area contributed by atoms with Crippen molar-refractivity contribution in [3.8, 4) is 11.5 Å². The van der Waals surface area contributed by atoms with E-state index >= 15 is 0 Å². The van der Waals surface area contributed by atoms with Gasteiger partial charge in [-0.3, -0.25) is 9.59 Å². The second kappa shape index (κ2) is 8.55. The van der Waals surface area contributed by atoms with Crippen molar-refractivity contribution in [1.82, 2.24) is 0 Å². The van der Waals surface area contributed by atoms with Crippen LogP contribution >= 0.6 is 0 Å². The lowest BCUT2D eigenvalue weighted by Crippen LogP contribution is -2.34. The lowest BCUT2D eigenvalue weighted by atomic mass is 9.85. The molecule has 2 amide bonds. The molecule has 0 saturated carbocycles. The Morgan fingerprint density at radius 1 is 1.03 bits per heavy atom. The summed E-state index contributed by atoms with van der Waals surface area (Å²) >= 11 is 0. The molecule has 0 radical (unpaired) electrons. The number of carbonyl (C=O) groups is 2. The van der Waals surface area contributed by atoms with Crippen LogP contribution in [0.2, 0.25) is 0 Å². The lowest BCUT2D eigenvalue weighted by molar-refractivity contribution is -0.117. The van der Waals surface area contributed by atoms with Gasteiger partial charge in [0.25, 0.3) is 0 Å². The molecule has 0 saturated heterocycles. The van der Waals surface area contributed by atoms with Gasteiger partial charge >= 0.3 is 0 Å². The van der Waals surface area contributed by atoms with E-state index in [0.717, 1.165) is 11.3 Å². The minimum atomic E-state index is -0.166. The molecule has 1 aliphatic rings. The maximum Gasteiger partial charge on any atom is 0.226 e. The molecule has 1 aliphatic heterocycles. The number of benzene rings is 2. The second-order valence-corrected chi connectivity index (χ2v) is 8.09. The van der Waals surface area contributed by atoms with Gasteiger partial charge in [-0.05, 0) is 29.2 Å². The number of para-hydroxylation sites is 1. The largest absolute Gasteiger partial charge is 0.486 e. The van der Waals surface area contributed by atoms with Crippen molar-refractivity contribution >= 4 is 23.2 Å². The summed E-state index contributed by atoms with van der Waals surface area (Å²) in [6.07, 6.45) is 0.187. The molecule has 6 nitrogen and oxygen atoms in total. The van der Waals surface area contributed by atoms with E-state index < -0.39 is 0 Å². The van der Waals surface area contributed by atoms with Gasteiger partial charge in [0.15, 0.2) is 11.5 Å². The van der Waals surface area contributed by atoms with Crippen molar-refractivity contribution in [2.24, 2.45) is 0 Å². The Morgan fingerprint density at radius 3 is 2.41 bits per heavy atom. The molecule has 154 valence electrons. The fraction of sp³-hybridized carbons (Fsp3) is 0.391. The highest BCUT2D eigenvalue weighted by Gasteiger charge is 2.23. The fourth-order valence-corrected chi connectivity index (χ4v) is 3.35. The molecule has 6 heteroatoms. The Kier molecular flexibility index (Phi) is 6.11. The first-order chi connectivity index (χ1) is 13.8. The highest BCUT2D eigenvalue weighted by Crippen LogP contribution is 2.33. The SMILES string of the molecule is CC(=O)N(CCC(=O)Nc1ccc2c(c1)OCCO2)c1ccccc1C(C)(C)C. The van der Waals surface area contributed by atoms with Gasteiger partial charge in [-0.1, -0.05) is 39.0 Å². The quantitative estimate of drug-likeness (QED) is 0.825. The monoisotopic (exact) mass is 396 g/mol. The first kappa shape index (κ1) is 20.7. The zero-order chi connectivity index (χ0) is 21.0. The zero-order valence-electron chi connectivity index (χ0n) is 17.5.